The van der Waals surface area contributed by atoms with Gasteiger partial charge in [-0.2, -0.15) is 0 Å². The van der Waals surface area contributed by atoms with Crippen molar-refractivity contribution in [3.8, 4) is 0 Å². The second-order valence-electron chi connectivity index (χ2n) is 3.46. The van der Waals surface area contributed by atoms with Crippen LogP contribution in [-0.4, -0.2) is 22.0 Å². The summed E-state index contributed by atoms with van der Waals surface area (Å²) < 4.78 is 13.8. The second kappa shape index (κ2) is 5.25. The molecule has 0 saturated carbocycles. The SMILES string of the molecule is CC(=O)C(Cl)c1cccc(C(O)C(=O)O)c1F. The second-order valence-corrected chi connectivity index (χ2v) is 3.90. The molecule has 4 nitrogen and oxygen atoms in total. The summed E-state index contributed by atoms with van der Waals surface area (Å²) in [4.78, 5) is 21.6. The van der Waals surface area contributed by atoms with Crippen LogP contribution in [0.4, 0.5) is 4.39 Å². The molecule has 0 spiro atoms. The van der Waals surface area contributed by atoms with Gasteiger partial charge in [0.05, 0.1) is 0 Å². The summed E-state index contributed by atoms with van der Waals surface area (Å²) in [5.41, 5.74) is -0.557. The number of carbonyl (C=O) groups excluding carboxylic acids is 1. The summed E-state index contributed by atoms with van der Waals surface area (Å²) >= 11 is 5.68. The zero-order valence-corrected chi connectivity index (χ0v) is 9.61. The molecule has 2 unspecified atom stereocenters. The van der Waals surface area contributed by atoms with Crippen LogP contribution >= 0.6 is 11.6 Å². The van der Waals surface area contributed by atoms with E-state index in [0.717, 1.165) is 6.07 Å². The summed E-state index contributed by atoms with van der Waals surface area (Å²) in [6.07, 6.45) is -1.98. The van der Waals surface area contributed by atoms with E-state index < -0.39 is 34.6 Å². The quantitative estimate of drug-likeness (QED) is 0.810. The minimum Gasteiger partial charge on any atom is -0.479 e. The number of hydrogen-bond donors (Lipinski definition) is 2. The molecule has 0 aliphatic carbocycles. The zero-order chi connectivity index (χ0) is 13.2. The minimum absolute atomic E-state index is 0.142. The number of carbonyl (C=O) groups is 2. The highest BCUT2D eigenvalue weighted by atomic mass is 35.5. The predicted octanol–water partition coefficient (Wildman–Crippen LogP) is 1.81. The fourth-order valence-electron chi connectivity index (χ4n) is 1.33. The molecule has 0 aromatic heterocycles. The van der Waals surface area contributed by atoms with Crippen molar-refractivity contribution in [3.05, 3.63) is 35.1 Å². The third-order valence-electron chi connectivity index (χ3n) is 2.22. The Morgan fingerprint density at radius 2 is 1.88 bits per heavy atom. The highest BCUT2D eigenvalue weighted by molar-refractivity contribution is 6.30. The molecule has 0 aliphatic heterocycles. The standard InChI is InChI=1S/C11H10ClFO4/c1-5(14)8(12)6-3-2-4-7(9(6)13)10(15)11(16)17/h2-4,8,10,15H,1H3,(H,16,17). The summed E-state index contributed by atoms with van der Waals surface area (Å²) in [5, 5.41) is 16.6. The van der Waals surface area contributed by atoms with E-state index in [-0.39, 0.29) is 5.56 Å². The molecule has 0 radical (unpaired) electrons. The maximum absolute atomic E-state index is 13.8. The number of aliphatic hydroxyl groups excluding tert-OH is 1. The number of halogens is 2. The Balaban J connectivity index is 3.25. The molecule has 92 valence electrons. The Kier molecular flexibility index (Phi) is 4.20. The van der Waals surface area contributed by atoms with Gasteiger partial charge >= 0.3 is 5.97 Å². The molecule has 1 aromatic rings. The van der Waals surface area contributed by atoms with Crippen molar-refractivity contribution in [3.63, 3.8) is 0 Å². The van der Waals surface area contributed by atoms with Crippen molar-refractivity contribution < 1.29 is 24.2 Å². The molecule has 0 aliphatic rings. The number of alkyl halides is 1. The number of ketones is 1. The number of carboxylic acids is 1. The van der Waals surface area contributed by atoms with E-state index in [1.807, 2.05) is 0 Å². The van der Waals surface area contributed by atoms with Gasteiger partial charge in [-0.15, -0.1) is 11.6 Å². The monoisotopic (exact) mass is 260 g/mol. The Hall–Kier alpha value is -1.46. The lowest BCUT2D eigenvalue weighted by Crippen LogP contribution is -2.14. The first kappa shape index (κ1) is 13.6. The lowest BCUT2D eigenvalue weighted by Gasteiger charge is -2.12. The van der Waals surface area contributed by atoms with Gasteiger partial charge in [-0.25, -0.2) is 9.18 Å². The van der Waals surface area contributed by atoms with Gasteiger partial charge in [0.2, 0.25) is 0 Å². The van der Waals surface area contributed by atoms with Crippen molar-refractivity contribution in [2.24, 2.45) is 0 Å². The summed E-state index contributed by atoms with van der Waals surface area (Å²) in [5.74, 6) is -3.01. The van der Waals surface area contributed by atoms with Crippen molar-refractivity contribution >= 4 is 23.4 Å². The molecule has 6 heteroatoms. The molecule has 0 fully saturated rings. The molecule has 0 amide bonds. The Morgan fingerprint density at radius 3 is 2.35 bits per heavy atom. The number of aliphatic carboxylic acids is 1. The van der Waals surface area contributed by atoms with E-state index >= 15 is 0 Å². The van der Waals surface area contributed by atoms with Crippen LogP contribution in [0.15, 0.2) is 18.2 Å². The molecule has 2 atom stereocenters. The van der Waals surface area contributed by atoms with Crippen molar-refractivity contribution in [2.75, 3.05) is 0 Å². The van der Waals surface area contributed by atoms with Crippen LogP contribution < -0.4 is 0 Å². The van der Waals surface area contributed by atoms with Crippen LogP contribution in [0.2, 0.25) is 0 Å². The Bertz CT molecular complexity index is 423. The van der Waals surface area contributed by atoms with Crippen LogP contribution in [-0.2, 0) is 9.59 Å². The molecule has 2 N–H and O–H groups in total. The number of benzene rings is 1. The molecule has 1 aromatic carbocycles. The van der Waals surface area contributed by atoms with Crippen molar-refractivity contribution in [2.45, 2.75) is 18.4 Å². The van der Waals surface area contributed by atoms with Gasteiger partial charge in [0, 0.05) is 11.1 Å². The highest BCUT2D eigenvalue weighted by Gasteiger charge is 2.25. The Labute approximate surface area is 102 Å². The molecule has 0 saturated heterocycles. The highest BCUT2D eigenvalue weighted by Crippen LogP contribution is 2.28. The third-order valence-corrected chi connectivity index (χ3v) is 2.76. The molecule has 0 bridgehead atoms. The largest absolute Gasteiger partial charge is 0.479 e. The number of rotatable bonds is 4. The lowest BCUT2D eigenvalue weighted by atomic mass is 10.0. The van der Waals surface area contributed by atoms with E-state index in [2.05, 4.69) is 0 Å². The smallest absolute Gasteiger partial charge is 0.337 e. The molecule has 17 heavy (non-hydrogen) atoms. The average Bonchev–Trinajstić information content (AvgIpc) is 2.27. The number of Topliss-reactive ketones (excluding diaryl/α,β-unsaturated/α-hetero) is 1. The molecule has 0 heterocycles. The van der Waals surface area contributed by atoms with Gasteiger partial charge in [-0.3, -0.25) is 4.79 Å². The minimum atomic E-state index is -1.98. The van der Waals surface area contributed by atoms with Crippen molar-refractivity contribution in [1.29, 1.82) is 0 Å². The van der Waals surface area contributed by atoms with Gasteiger partial charge < -0.3 is 10.2 Å². The van der Waals surface area contributed by atoms with Gasteiger partial charge in [-0.05, 0) is 6.92 Å². The van der Waals surface area contributed by atoms with Crippen molar-refractivity contribution in [1.82, 2.24) is 0 Å². The predicted molar refractivity (Wildman–Crippen MR) is 58.3 cm³/mol. The first-order valence-corrected chi connectivity index (χ1v) is 5.13. The summed E-state index contributed by atoms with van der Waals surface area (Å²) in [6, 6.07) is 3.73. The van der Waals surface area contributed by atoms with E-state index in [1.165, 1.54) is 19.1 Å². The summed E-state index contributed by atoms with van der Waals surface area (Å²) in [6.45, 7) is 1.19. The molecular weight excluding hydrogens is 251 g/mol. The fourth-order valence-corrected chi connectivity index (χ4v) is 1.50. The van der Waals surface area contributed by atoms with E-state index in [0.29, 0.717) is 0 Å². The number of aliphatic hydroxyl groups is 1. The average molecular weight is 261 g/mol. The van der Waals surface area contributed by atoms with E-state index in [4.69, 9.17) is 16.7 Å². The Morgan fingerprint density at radius 1 is 1.35 bits per heavy atom. The topological polar surface area (TPSA) is 74.6 Å². The fraction of sp³-hybridized carbons (Fsp3) is 0.273. The normalized spacial score (nSPS) is 14.1. The van der Waals surface area contributed by atoms with Crippen LogP contribution in [0, 0.1) is 5.82 Å². The maximum atomic E-state index is 13.8. The zero-order valence-electron chi connectivity index (χ0n) is 8.85. The van der Waals surface area contributed by atoms with E-state index in [1.54, 1.807) is 0 Å². The van der Waals surface area contributed by atoms with Gasteiger partial charge in [0.15, 0.2) is 11.9 Å². The number of carboxylic acid groups (broad SMARTS) is 1. The van der Waals surface area contributed by atoms with Crippen LogP contribution in [0.3, 0.4) is 0 Å². The van der Waals surface area contributed by atoms with Crippen LogP contribution in [0.25, 0.3) is 0 Å². The lowest BCUT2D eigenvalue weighted by molar-refractivity contribution is -0.147. The van der Waals surface area contributed by atoms with Crippen LogP contribution in [0.5, 0.6) is 0 Å². The van der Waals surface area contributed by atoms with Gasteiger partial charge in [0.25, 0.3) is 0 Å². The van der Waals surface area contributed by atoms with Crippen LogP contribution in [0.1, 0.15) is 29.5 Å². The first-order valence-electron chi connectivity index (χ1n) is 4.70. The first-order chi connectivity index (χ1) is 7.86. The summed E-state index contributed by atoms with van der Waals surface area (Å²) in [7, 11) is 0. The molecule has 1 rings (SSSR count). The molecular formula is C11H10ClFO4. The third kappa shape index (κ3) is 2.81. The maximum Gasteiger partial charge on any atom is 0.337 e. The van der Waals surface area contributed by atoms with E-state index in [9.17, 15) is 19.1 Å². The number of hydrogen-bond acceptors (Lipinski definition) is 3. The van der Waals surface area contributed by atoms with Gasteiger partial charge in [0.1, 0.15) is 11.2 Å². The van der Waals surface area contributed by atoms with Gasteiger partial charge in [-0.1, -0.05) is 18.2 Å².